The molecule has 8 aromatic carbocycles. The fraction of sp³-hybridized carbons (Fsp3) is 0. The molecular weight excluding hydrogens is 647 g/mol. The summed E-state index contributed by atoms with van der Waals surface area (Å²) >= 11 is 0. The first-order chi connectivity index (χ1) is 26.3. The van der Waals surface area contributed by atoms with Crippen LogP contribution in [0.5, 0.6) is 0 Å². The fourth-order valence-corrected chi connectivity index (χ4v) is 8.07. The van der Waals surface area contributed by atoms with E-state index in [1.54, 1.807) is 0 Å². The quantitative estimate of drug-likeness (QED) is 0.182. The molecule has 0 spiro atoms. The van der Waals surface area contributed by atoms with Crippen LogP contribution in [0.25, 0.3) is 99.8 Å². The minimum Gasteiger partial charge on any atom is -0.455 e. The van der Waals surface area contributed by atoms with Crippen molar-refractivity contribution in [3.63, 3.8) is 0 Å². The van der Waals surface area contributed by atoms with Crippen molar-refractivity contribution in [3.8, 4) is 45.0 Å². The molecule has 53 heavy (non-hydrogen) atoms. The highest BCUT2D eigenvalue weighted by Crippen LogP contribution is 2.40. The molecule has 0 aliphatic rings. The number of imidazole rings is 1. The summed E-state index contributed by atoms with van der Waals surface area (Å²) in [5.74, 6) is 0.919. The van der Waals surface area contributed by atoms with E-state index in [1.165, 1.54) is 27.4 Å². The molecule has 0 bridgehead atoms. The van der Waals surface area contributed by atoms with Crippen LogP contribution in [0.15, 0.2) is 192 Å². The second kappa shape index (κ2) is 11.7. The van der Waals surface area contributed by atoms with E-state index in [4.69, 9.17) is 9.40 Å². The van der Waals surface area contributed by atoms with Crippen LogP contribution in [-0.2, 0) is 0 Å². The maximum atomic E-state index is 6.43. The Morgan fingerprint density at radius 3 is 1.81 bits per heavy atom. The first kappa shape index (κ1) is 29.5. The lowest BCUT2D eigenvalue weighted by molar-refractivity contribution is 0.670. The molecule has 0 saturated carbocycles. The van der Waals surface area contributed by atoms with Gasteiger partial charge in [0, 0.05) is 44.0 Å². The number of fused-ring (bicyclic) bond motifs is 7. The predicted octanol–water partition coefficient (Wildman–Crippen LogP) is 13.0. The van der Waals surface area contributed by atoms with Crippen molar-refractivity contribution in [2.75, 3.05) is 0 Å². The number of hydrogen-bond donors (Lipinski definition) is 0. The number of furan rings is 1. The number of aromatic nitrogens is 3. The molecule has 0 radical (unpaired) electrons. The number of hydrogen-bond acceptors (Lipinski definition) is 2. The fourth-order valence-electron chi connectivity index (χ4n) is 8.07. The Balaban J connectivity index is 1.02. The Labute approximate surface area is 305 Å². The highest BCUT2D eigenvalue weighted by atomic mass is 16.3. The molecule has 3 heterocycles. The van der Waals surface area contributed by atoms with E-state index in [2.05, 4.69) is 179 Å². The molecule has 11 rings (SSSR count). The van der Waals surface area contributed by atoms with E-state index in [9.17, 15) is 0 Å². The maximum Gasteiger partial charge on any atom is 0.145 e. The third-order valence-corrected chi connectivity index (χ3v) is 10.6. The van der Waals surface area contributed by atoms with Gasteiger partial charge in [-0.15, -0.1) is 0 Å². The second-order valence-corrected chi connectivity index (χ2v) is 13.6. The van der Waals surface area contributed by atoms with Gasteiger partial charge in [0.15, 0.2) is 0 Å². The molecule has 0 amide bonds. The summed E-state index contributed by atoms with van der Waals surface area (Å²) < 4.78 is 11.1. The molecule has 0 unspecified atom stereocenters. The maximum absolute atomic E-state index is 6.43. The molecule has 0 N–H and O–H groups in total. The first-order valence-electron chi connectivity index (χ1n) is 18.0. The summed E-state index contributed by atoms with van der Waals surface area (Å²) in [6.07, 6.45) is 0. The van der Waals surface area contributed by atoms with Gasteiger partial charge >= 0.3 is 0 Å². The van der Waals surface area contributed by atoms with Crippen LogP contribution in [-0.4, -0.2) is 14.1 Å². The summed E-state index contributed by atoms with van der Waals surface area (Å²) in [6, 6.07) is 66.6. The van der Waals surface area contributed by atoms with Gasteiger partial charge in [0.2, 0.25) is 0 Å². The largest absolute Gasteiger partial charge is 0.455 e. The van der Waals surface area contributed by atoms with E-state index in [1.807, 2.05) is 18.2 Å². The van der Waals surface area contributed by atoms with E-state index >= 15 is 0 Å². The van der Waals surface area contributed by atoms with Crippen LogP contribution in [0.2, 0.25) is 0 Å². The normalized spacial score (nSPS) is 11.8. The Kier molecular flexibility index (Phi) is 6.52. The topological polar surface area (TPSA) is 35.9 Å². The van der Waals surface area contributed by atoms with Crippen molar-refractivity contribution in [3.05, 3.63) is 188 Å². The van der Waals surface area contributed by atoms with Gasteiger partial charge in [-0.2, -0.15) is 0 Å². The van der Waals surface area contributed by atoms with Gasteiger partial charge in [-0.05, 0) is 77.4 Å². The van der Waals surface area contributed by atoms with E-state index in [0.717, 1.165) is 72.4 Å². The summed E-state index contributed by atoms with van der Waals surface area (Å²) in [7, 11) is 0. The Morgan fingerprint density at radius 1 is 0.377 bits per heavy atom. The third-order valence-electron chi connectivity index (χ3n) is 10.6. The van der Waals surface area contributed by atoms with E-state index < -0.39 is 0 Å². The highest BCUT2D eigenvalue weighted by Gasteiger charge is 2.18. The molecule has 4 heteroatoms. The van der Waals surface area contributed by atoms with Gasteiger partial charge < -0.3 is 8.98 Å². The molecule has 0 saturated heterocycles. The zero-order chi connectivity index (χ0) is 34.9. The molecule has 0 aliphatic carbocycles. The van der Waals surface area contributed by atoms with Crippen LogP contribution in [0.1, 0.15) is 0 Å². The van der Waals surface area contributed by atoms with Gasteiger partial charge in [0.1, 0.15) is 17.0 Å². The molecule has 3 aromatic heterocycles. The molecule has 248 valence electrons. The summed E-state index contributed by atoms with van der Waals surface area (Å²) in [5, 5.41) is 4.70. The van der Waals surface area contributed by atoms with Gasteiger partial charge in [-0.3, -0.25) is 4.57 Å². The van der Waals surface area contributed by atoms with Crippen LogP contribution < -0.4 is 0 Å². The molecule has 11 aromatic rings. The number of para-hydroxylation sites is 5. The lowest BCUT2D eigenvalue weighted by atomic mass is 10.0. The second-order valence-electron chi connectivity index (χ2n) is 13.6. The van der Waals surface area contributed by atoms with Crippen molar-refractivity contribution < 1.29 is 4.42 Å². The summed E-state index contributed by atoms with van der Waals surface area (Å²) in [4.78, 5) is 5.13. The number of rotatable bonds is 5. The highest BCUT2D eigenvalue weighted by molar-refractivity contribution is 6.13. The lowest BCUT2D eigenvalue weighted by Crippen LogP contribution is -1.99. The minimum atomic E-state index is 0.910. The van der Waals surface area contributed by atoms with Gasteiger partial charge in [0.05, 0.1) is 22.1 Å². The molecule has 0 atom stereocenters. The van der Waals surface area contributed by atoms with Crippen molar-refractivity contribution in [1.29, 1.82) is 0 Å². The van der Waals surface area contributed by atoms with E-state index in [-0.39, 0.29) is 0 Å². The number of nitrogens with zero attached hydrogens (tertiary/aromatic N) is 3. The van der Waals surface area contributed by atoms with Crippen LogP contribution in [0.4, 0.5) is 0 Å². The zero-order valence-corrected chi connectivity index (χ0v) is 28.6. The van der Waals surface area contributed by atoms with Crippen molar-refractivity contribution in [1.82, 2.24) is 14.1 Å². The SMILES string of the molecule is c1ccc(-c2ccc(-c3nc4ccccc4n3-c3ccc(-n4c5ccccc5c5cc(-c6cccc7c6oc6ccccc67)ccc54)cc3)cc2)cc1. The van der Waals surface area contributed by atoms with Crippen molar-refractivity contribution in [2.45, 2.75) is 0 Å². The summed E-state index contributed by atoms with van der Waals surface area (Å²) in [5.41, 5.74) is 14.1. The average molecular weight is 678 g/mol. The van der Waals surface area contributed by atoms with Gasteiger partial charge in [-0.25, -0.2) is 4.98 Å². The van der Waals surface area contributed by atoms with Gasteiger partial charge in [-0.1, -0.05) is 127 Å². The Bertz CT molecular complexity index is 3150. The summed E-state index contributed by atoms with van der Waals surface area (Å²) in [6.45, 7) is 0. The minimum absolute atomic E-state index is 0.910. The zero-order valence-electron chi connectivity index (χ0n) is 28.6. The Hall–Kier alpha value is -7.17. The van der Waals surface area contributed by atoms with Crippen molar-refractivity contribution >= 4 is 54.8 Å². The third kappa shape index (κ3) is 4.66. The number of benzene rings is 8. The van der Waals surface area contributed by atoms with Crippen molar-refractivity contribution in [2.24, 2.45) is 0 Å². The Morgan fingerprint density at radius 2 is 0.981 bits per heavy atom. The predicted molar refractivity (Wildman–Crippen MR) is 219 cm³/mol. The standard InChI is InChI=1S/C49H31N3O/c1-2-11-32(12-3-1)33-21-23-34(24-22-33)49-50-43-17-6-8-19-46(43)52(49)37-28-26-36(27-29-37)51-44-18-7-4-13-39(44)42-31-35(25-30-45(42)51)38-15-10-16-41-40-14-5-9-20-47(40)53-48(38)41/h1-31H. The van der Waals surface area contributed by atoms with Crippen LogP contribution in [0, 0.1) is 0 Å². The molecular formula is C49H31N3O. The first-order valence-corrected chi connectivity index (χ1v) is 18.0. The van der Waals surface area contributed by atoms with E-state index in [0.29, 0.717) is 0 Å². The molecule has 4 nitrogen and oxygen atoms in total. The lowest BCUT2D eigenvalue weighted by Gasteiger charge is -2.13. The van der Waals surface area contributed by atoms with Gasteiger partial charge in [0.25, 0.3) is 0 Å². The smallest absolute Gasteiger partial charge is 0.145 e. The molecule has 0 fully saturated rings. The molecule has 0 aliphatic heterocycles. The van der Waals surface area contributed by atoms with Crippen LogP contribution >= 0.6 is 0 Å². The monoisotopic (exact) mass is 677 g/mol. The average Bonchev–Trinajstić information content (AvgIpc) is 3.91. The van der Waals surface area contributed by atoms with Crippen LogP contribution in [0.3, 0.4) is 0 Å².